The van der Waals surface area contributed by atoms with E-state index < -0.39 is 0 Å². The lowest BCUT2D eigenvalue weighted by atomic mass is 9.96. The van der Waals surface area contributed by atoms with E-state index in [0.717, 1.165) is 24.9 Å². The van der Waals surface area contributed by atoms with E-state index in [-0.39, 0.29) is 48.6 Å². The number of carbonyl (C=O) groups excluding carboxylic acids is 2. The molecular formula is C17H28Cl2N4O2. The van der Waals surface area contributed by atoms with E-state index in [2.05, 4.69) is 10.3 Å². The number of amides is 2. The van der Waals surface area contributed by atoms with Crippen LogP contribution in [-0.2, 0) is 9.59 Å². The monoisotopic (exact) mass is 390 g/mol. The molecule has 0 saturated carbocycles. The summed E-state index contributed by atoms with van der Waals surface area (Å²) >= 11 is 0. The van der Waals surface area contributed by atoms with Crippen molar-refractivity contribution in [2.45, 2.75) is 45.6 Å². The lowest BCUT2D eigenvalue weighted by molar-refractivity contribution is -0.134. The molecule has 0 radical (unpaired) electrons. The molecule has 2 amide bonds. The topological polar surface area (TPSA) is 88.3 Å². The second-order valence-electron chi connectivity index (χ2n) is 6.40. The summed E-state index contributed by atoms with van der Waals surface area (Å²) in [5.41, 5.74) is 6.75. The van der Waals surface area contributed by atoms with Crippen molar-refractivity contribution in [2.75, 3.05) is 18.4 Å². The van der Waals surface area contributed by atoms with E-state index in [1.165, 1.54) is 0 Å². The lowest BCUT2D eigenvalue weighted by Gasteiger charge is -2.32. The molecule has 1 saturated heterocycles. The van der Waals surface area contributed by atoms with Gasteiger partial charge < -0.3 is 16.0 Å². The first-order valence-corrected chi connectivity index (χ1v) is 8.22. The summed E-state index contributed by atoms with van der Waals surface area (Å²) in [6.45, 7) is 5.06. The van der Waals surface area contributed by atoms with Gasteiger partial charge in [0.15, 0.2) is 0 Å². The predicted molar refractivity (Wildman–Crippen MR) is 104 cm³/mol. The molecule has 2 heterocycles. The lowest BCUT2D eigenvalue weighted by Crippen LogP contribution is -2.44. The summed E-state index contributed by atoms with van der Waals surface area (Å²) < 4.78 is 0. The van der Waals surface area contributed by atoms with Gasteiger partial charge in [-0.25, -0.2) is 4.98 Å². The number of pyridine rings is 1. The minimum Gasteiger partial charge on any atom is -0.342 e. The highest BCUT2D eigenvalue weighted by atomic mass is 35.5. The van der Waals surface area contributed by atoms with Crippen molar-refractivity contribution >= 4 is 42.4 Å². The van der Waals surface area contributed by atoms with Gasteiger partial charge in [0.05, 0.1) is 5.92 Å². The second-order valence-corrected chi connectivity index (χ2v) is 6.40. The van der Waals surface area contributed by atoms with Crippen molar-refractivity contribution in [3.63, 3.8) is 0 Å². The fourth-order valence-corrected chi connectivity index (χ4v) is 2.70. The molecule has 142 valence electrons. The average Bonchev–Trinajstić information content (AvgIpc) is 2.54. The summed E-state index contributed by atoms with van der Waals surface area (Å²) in [6.07, 6.45) is 4.50. The highest BCUT2D eigenvalue weighted by Crippen LogP contribution is 2.19. The van der Waals surface area contributed by atoms with Crippen LogP contribution in [0.25, 0.3) is 0 Å². The molecule has 2 rings (SSSR count). The number of hydrogen-bond donors (Lipinski definition) is 2. The van der Waals surface area contributed by atoms with E-state index in [1.807, 2.05) is 19.9 Å². The second kappa shape index (κ2) is 11.3. The molecule has 1 aromatic heterocycles. The van der Waals surface area contributed by atoms with E-state index in [1.54, 1.807) is 17.2 Å². The number of nitrogens with one attached hydrogen (secondary N) is 1. The maximum Gasteiger partial charge on any atom is 0.230 e. The summed E-state index contributed by atoms with van der Waals surface area (Å²) in [6, 6.07) is 3.73. The SMILES string of the molecule is Cc1ccc(NC(=O)C2CCCN(C(=O)CCC(C)N)C2)nc1.Cl.Cl. The van der Waals surface area contributed by atoms with Crippen LogP contribution in [0.2, 0.25) is 0 Å². The van der Waals surface area contributed by atoms with Crippen molar-refractivity contribution in [3.8, 4) is 0 Å². The van der Waals surface area contributed by atoms with Crippen LogP contribution in [0, 0.1) is 12.8 Å². The number of likely N-dealkylation sites (tertiary alicyclic amines) is 1. The van der Waals surface area contributed by atoms with Gasteiger partial charge >= 0.3 is 0 Å². The summed E-state index contributed by atoms with van der Waals surface area (Å²) in [5.74, 6) is 0.409. The third-order valence-electron chi connectivity index (χ3n) is 4.12. The molecule has 1 fully saturated rings. The fourth-order valence-electron chi connectivity index (χ4n) is 2.70. The Hall–Kier alpha value is -1.37. The summed E-state index contributed by atoms with van der Waals surface area (Å²) in [7, 11) is 0. The minimum absolute atomic E-state index is 0. The van der Waals surface area contributed by atoms with Gasteiger partial charge in [0.25, 0.3) is 0 Å². The summed E-state index contributed by atoms with van der Waals surface area (Å²) in [5, 5.41) is 2.84. The van der Waals surface area contributed by atoms with Crippen LogP contribution in [-0.4, -0.2) is 40.8 Å². The molecular weight excluding hydrogens is 363 g/mol. The Kier molecular flexibility index (Phi) is 10.7. The van der Waals surface area contributed by atoms with E-state index in [0.29, 0.717) is 25.2 Å². The maximum absolute atomic E-state index is 12.4. The third kappa shape index (κ3) is 7.59. The normalized spacial score (nSPS) is 17.7. The molecule has 2 atom stereocenters. The van der Waals surface area contributed by atoms with Crippen LogP contribution in [0.4, 0.5) is 5.82 Å². The third-order valence-corrected chi connectivity index (χ3v) is 4.12. The molecule has 6 nitrogen and oxygen atoms in total. The Morgan fingerprint density at radius 2 is 2.12 bits per heavy atom. The van der Waals surface area contributed by atoms with Crippen LogP contribution in [0.1, 0.15) is 38.2 Å². The Morgan fingerprint density at radius 3 is 2.72 bits per heavy atom. The van der Waals surface area contributed by atoms with E-state index in [9.17, 15) is 9.59 Å². The van der Waals surface area contributed by atoms with E-state index in [4.69, 9.17) is 5.73 Å². The van der Waals surface area contributed by atoms with Gasteiger partial charge in [-0.15, -0.1) is 24.8 Å². The number of nitrogens with zero attached hydrogens (tertiary/aromatic N) is 2. The first-order chi connectivity index (χ1) is 11.0. The standard InChI is InChI=1S/C17H26N4O2.2ClH/c1-12-5-7-15(19-10-12)20-17(23)14-4-3-9-21(11-14)16(22)8-6-13(2)18;;/h5,7,10,13-14H,3-4,6,8-9,11,18H2,1-2H3,(H,19,20,23);2*1H. The summed E-state index contributed by atoms with van der Waals surface area (Å²) in [4.78, 5) is 30.6. The molecule has 0 bridgehead atoms. The average molecular weight is 391 g/mol. The van der Waals surface area contributed by atoms with Crippen LogP contribution < -0.4 is 11.1 Å². The largest absolute Gasteiger partial charge is 0.342 e. The Labute approximate surface area is 161 Å². The molecule has 1 aromatic rings. The maximum atomic E-state index is 12.4. The number of rotatable bonds is 5. The Balaban J connectivity index is 0.00000288. The molecule has 2 unspecified atom stereocenters. The van der Waals surface area contributed by atoms with Crippen LogP contribution >= 0.6 is 24.8 Å². The van der Waals surface area contributed by atoms with Crippen molar-refractivity contribution in [1.82, 2.24) is 9.88 Å². The van der Waals surface area contributed by atoms with Crippen LogP contribution in [0.3, 0.4) is 0 Å². The van der Waals surface area contributed by atoms with Crippen molar-refractivity contribution in [2.24, 2.45) is 11.7 Å². The van der Waals surface area contributed by atoms with Gasteiger partial charge in [-0.1, -0.05) is 6.07 Å². The fraction of sp³-hybridized carbons (Fsp3) is 0.588. The number of carbonyl (C=O) groups is 2. The molecule has 3 N–H and O–H groups in total. The smallest absolute Gasteiger partial charge is 0.230 e. The number of aryl methyl sites for hydroxylation is 1. The molecule has 0 aliphatic carbocycles. The van der Waals surface area contributed by atoms with Gasteiger partial charge in [-0.05, 0) is 44.7 Å². The van der Waals surface area contributed by atoms with Gasteiger partial charge in [0, 0.05) is 31.7 Å². The zero-order valence-electron chi connectivity index (χ0n) is 14.7. The van der Waals surface area contributed by atoms with Gasteiger partial charge in [0.2, 0.25) is 11.8 Å². The molecule has 1 aliphatic rings. The predicted octanol–water partition coefficient (Wildman–Crippen LogP) is 2.54. The number of hydrogen-bond acceptors (Lipinski definition) is 4. The minimum atomic E-state index is -0.175. The van der Waals surface area contributed by atoms with E-state index >= 15 is 0 Å². The molecule has 25 heavy (non-hydrogen) atoms. The van der Waals surface area contributed by atoms with Gasteiger partial charge in [0.1, 0.15) is 5.82 Å². The zero-order valence-corrected chi connectivity index (χ0v) is 16.4. The van der Waals surface area contributed by atoms with Crippen molar-refractivity contribution < 1.29 is 9.59 Å². The molecule has 1 aliphatic heterocycles. The quantitative estimate of drug-likeness (QED) is 0.808. The first kappa shape index (κ1) is 23.6. The number of anilines is 1. The number of piperidine rings is 1. The Morgan fingerprint density at radius 1 is 1.40 bits per heavy atom. The van der Waals surface area contributed by atoms with Crippen LogP contribution in [0.15, 0.2) is 18.3 Å². The molecule has 0 aromatic carbocycles. The van der Waals surface area contributed by atoms with Gasteiger partial charge in [-0.3, -0.25) is 9.59 Å². The van der Waals surface area contributed by atoms with Crippen molar-refractivity contribution in [1.29, 1.82) is 0 Å². The highest BCUT2D eigenvalue weighted by Gasteiger charge is 2.28. The number of halogens is 2. The van der Waals surface area contributed by atoms with Gasteiger partial charge in [-0.2, -0.15) is 0 Å². The molecule has 0 spiro atoms. The molecule has 8 heteroatoms. The Bertz CT molecular complexity index is 552. The first-order valence-electron chi connectivity index (χ1n) is 8.22. The van der Waals surface area contributed by atoms with Crippen LogP contribution in [0.5, 0.6) is 0 Å². The zero-order chi connectivity index (χ0) is 16.8. The highest BCUT2D eigenvalue weighted by molar-refractivity contribution is 5.92. The number of nitrogens with two attached hydrogens (primary N) is 1. The number of aromatic nitrogens is 1. The van der Waals surface area contributed by atoms with Crippen molar-refractivity contribution in [3.05, 3.63) is 23.9 Å².